The van der Waals surface area contributed by atoms with E-state index in [-0.39, 0.29) is 0 Å². The lowest BCUT2D eigenvalue weighted by Gasteiger charge is -2.27. The second kappa shape index (κ2) is 7.17. The summed E-state index contributed by atoms with van der Waals surface area (Å²) in [6.45, 7) is 5.68. The minimum atomic E-state index is -1.12. The molecular formula is C10H22N2O2. The quantitative estimate of drug-likeness (QED) is 0.411. The van der Waals surface area contributed by atoms with Crippen LogP contribution in [0.5, 0.6) is 0 Å². The molecule has 1 heterocycles. The Bertz CT molecular complexity index is 136. The van der Waals surface area contributed by atoms with E-state index in [9.17, 15) is 0 Å². The van der Waals surface area contributed by atoms with Crippen molar-refractivity contribution in [2.45, 2.75) is 32.0 Å². The van der Waals surface area contributed by atoms with Gasteiger partial charge in [-0.1, -0.05) is 6.42 Å². The van der Waals surface area contributed by atoms with Crippen molar-refractivity contribution in [2.24, 2.45) is 0 Å². The Morgan fingerprint density at radius 3 is 2.43 bits per heavy atom. The van der Waals surface area contributed by atoms with E-state index in [1.54, 1.807) is 0 Å². The molecule has 0 aromatic carbocycles. The third-order valence-electron chi connectivity index (χ3n) is 2.65. The van der Waals surface area contributed by atoms with Gasteiger partial charge in [0.25, 0.3) is 0 Å². The van der Waals surface area contributed by atoms with Crippen molar-refractivity contribution in [1.29, 1.82) is 0 Å². The molecule has 0 aromatic heterocycles. The molecule has 14 heavy (non-hydrogen) atoms. The van der Waals surface area contributed by atoms with Crippen LogP contribution in [0.3, 0.4) is 0 Å². The van der Waals surface area contributed by atoms with Gasteiger partial charge < -0.3 is 20.4 Å². The van der Waals surface area contributed by atoms with Crippen LogP contribution in [0.25, 0.3) is 0 Å². The molecule has 1 rings (SSSR count). The van der Waals surface area contributed by atoms with Crippen molar-refractivity contribution < 1.29 is 10.2 Å². The molecule has 0 amide bonds. The summed E-state index contributed by atoms with van der Waals surface area (Å²) >= 11 is 0. The second-order valence-electron chi connectivity index (χ2n) is 3.92. The Balaban J connectivity index is 1.87. The van der Waals surface area contributed by atoms with E-state index in [0.29, 0.717) is 6.42 Å². The van der Waals surface area contributed by atoms with Gasteiger partial charge in [-0.25, -0.2) is 0 Å². The fourth-order valence-electron chi connectivity index (χ4n) is 1.77. The summed E-state index contributed by atoms with van der Waals surface area (Å²) in [6, 6.07) is 0. The minimum absolute atomic E-state index is 0.515. The first-order valence-corrected chi connectivity index (χ1v) is 5.58. The number of nitrogens with zero attached hydrogens (tertiary/aromatic N) is 1. The van der Waals surface area contributed by atoms with Crippen molar-refractivity contribution in [3.05, 3.63) is 0 Å². The molecule has 0 aromatic rings. The average molecular weight is 202 g/mol. The molecule has 1 fully saturated rings. The van der Waals surface area contributed by atoms with E-state index in [0.717, 1.165) is 45.6 Å². The third kappa shape index (κ3) is 5.54. The predicted octanol–water partition coefficient (Wildman–Crippen LogP) is -0.237. The van der Waals surface area contributed by atoms with Crippen molar-refractivity contribution in [3.63, 3.8) is 0 Å². The van der Waals surface area contributed by atoms with Crippen molar-refractivity contribution in [3.8, 4) is 0 Å². The van der Waals surface area contributed by atoms with Gasteiger partial charge in [0.1, 0.15) is 0 Å². The van der Waals surface area contributed by atoms with Crippen LogP contribution in [0.1, 0.15) is 25.7 Å². The number of piperazine rings is 1. The Hall–Kier alpha value is -0.160. The molecule has 84 valence electrons. The molecule has 0 aliphatic carbocycles. The number of aliphatic hydroxyl groups excluding tert-OH is 1. The maximum Gasteiger partial charge on any atom is 0.151 e. The highest BCUT2D eigenvalue weighted by molar-refractivity contribution is 4.67. The normalized spacial score (nSPS) is 19.1. The third-order valence-corrected chi connectivity index (χ3v) is 2.65. The van der Waals surface area contributed by atoms with E-state index in [4.69, 9.17) is 10.2 Å². The highest BCUT2D eigenvalue weighted by Crippen LogP contribution is 2.04. The van der Waals surface area contributed by atoms with Crippen LogP contribution in [-0.4, -0.2) is 54.1 Å². The molecule has 0 unspecified atom stereocenters. The molecule has 0 spiro atoms. The minimum Gasteiger partial charge on any atom is -0.368 e. The Labute approximate surface area is 85.9 Å². The van der Waals surface area contributed by atoms with E-state index in [1.165, 1.54) is 6.42 Å². The SMILES string of the molecule is OC(O)CCCCCN1CCNCC1. The van der Waals surface area contributed by atoms with Crippen LogP contribution >= 0.6 is 0 Å². The van der Waals surface area contributed by atoms with Gasteiger partial charge in [0.05, 0.1) is 0 Å². The van der Waals surface area contributed by atoms with Gasteiger partial charge in [0.15, 0.2) is 6.29 Å². The molecule has 0 bridgehead atoms. The zero-order chi connectivity index (χ0) is 10.2. The number of hydrogen-bond acceptors (Lipinski definition) is 4. The van der Waals surface area contributed by atoms with E-state index < -0.39 is 6.29 Å². The summed E-state index contributed by atoms with van der Waals surface area (Å²) < 4.78 is 0. The van der Waals surface area contributed by atoms with Gasteiger partial charge in [-0.3, -0.25) is 0 Å². The summed E-state index contributed by atoms with van der Waals surface area (Å²) in [7, 11) is 0. The molecule has 4 heteroatoms. The Kier molecular flexibility index (Phi) is 6.10. The fraction of sp³-hybridized carbons (Fsp3) is 1.00. The number of aliphatic hydroxyl groups is 2. The predicted molar refractivity (Wildman–Crippen MR) is 56.0 cm³/mol. The Morgan fingerprint density at radius 2 is 1.79 bits per heavy atom. The van der Waals surface area contributed by atoms with Gasteiger partial charge in [-0.2, -0.15) is 0 Å². The molecule has 1 aliphatic rings. The van der Waals surface area contributed by atoms with Gasteiger partial charge in [0.2, 0.25) is 0 Å². The van der Waals surface area contributed by atoms with Gasteiger partial charge in [-0.05, 0) is 25.8 Å². The van der Waals surface area contributed by atoms with Gasteiger partial charge in [-0.15, -0.1) is 0 Å². The maximum atomic E-state index is 8.64. The lowest BCUT2D eigenvalue weighted by Crippen LogP contribution is -2.43. The standard InChI is InChI=1S/C10H22N2O2/c13-10(14)4-2-1-3-7-12-8-5-11-6-9-12/h10-11,13-14H,1-9H2. The van der Waals surface area contributed by atoms with Crippen molar-refractivity contribution in [2.75, 3.05) is 32.7 Å². The van der Waals surface area contributed by atoms with Crippen LogP contribution in [0, 0.1) is 0 Å². The summed E-state index contributed by atoms with van der Waals surface area (Å²) in [4.78, 5) is 2.46. The fourth-order valence-corrected chi connectivity index (χ4v) is 1.77. The monoisotopic (exact) mass is 202 g/mol. The van der Waals surface area contributed by atoms with Crippen LogP contribution < -0.4 is 5.32 Å². The molecule has 0 radical (unpaired) electrons. The smallest absolute Gasteiger partial charge is 0.151 e. The highest BCUT2D eigenvalue weighted by Gasteiger charge is 2.08. The molecule has 1 aliphatic heterocycles. The number of unbranched alkanes of at least 4 members (excludes halogenated alkanes) is 2. The molecule has 0 saturated carbocycles. The molecule has 4 nitrogen and oxygen atoms in total. The van der Waals surface area contributed by atoms with E-state index >= 15 is 0 Å². The summed E-state index contributed by atoms with van der Waals surface area (Å²) in [6.07, 6.45) is 2.59. The first-order chi connectivity index (χ1) is 6.79. The van der Waals surface area contributed by atoms with Crippen LogP contribution in [0.15, 0.2) is 0 Å². The lowest BCUT2D eigenvalue weighted by atomic mass is 10.2. The Morgan fingerprint density at radius 1 is 1.07 bits per heavy atom. The highest BCUT2D eigenvalue weighted by atomic mass is 16.5. The molecule has 3 N–H and O–H groups in total. The molecule has 0 atom stereocenters. The molecule has 1 saturated heterocycles. The zero-order valence-electron chi connectivity index (χ0n) is 8.78. The zero-order valence-corrected chi connectivity index (χ0v) is 8.78. The van der Waals surface area contributed by atoms with Crippen molar-refractivity contribution in [1.82, 2.24) is 10.2 Å². The van der Waals surface area contributed by atoms with E-state index in [2.05, 4.69) is 10.2 Å². The van der Waals surface area contributed by atoms with Crippen LogP contribution in [0.4, 0.5) is 0 Å². The maximum absolute atomic E-state index is 8.64. The second-order valence-corrected chi connectivity index (χ2v) is 3.92. The molecular weight excluding hydrogens is 180 g/mol. The number of rotatable bonds is 6. The van der Waals surface area contributed by atoms with E-state index in [1.807, 2.05) is 0 Å². The summed E-state index contributed by atoms with van der Waals surface area (Å²) in [5.41, 5.74) is 0. The van der Waals surface area contributed by atoms with Gasteiger partial charge in [0, 0.05) is 26.2 Å². The largest absolute Gasteiger partial charge is 0.368 e. The van der Waals surface area contributed by atoms with Crippen LogP contribution in [0.2, 0.25) is 0 Å². The summed E-state index contributed by atoms with van der Waals surface area (Å²) in [5.74, 6) is 0. The lowest BCUT2D eigenvalue weighted by molar-refractivity contribution is -0.0466. The first kappa shape index (κ1) is 11.9. The van der Waals surface area contributed by atoms with Crippen molar-refractivity contribution >= 4 is 0 Å². The number of nitrogens with one attached hydrogen (secondary N) is 1. The van der Waals surface area contributed by atoms with Crippen LogP contribution in [-0.2, 0) is 0 Å². The average Bonchev–Trinajstić information content (AvgIpc) is 2.18. The topological polar surface area (TPSA) is 55.7 Å². The first-order valence-electron chi connectivity index (χ1n) is 5.58. The summed E-state index contributed by atoms with van der Waals surface area (Å²) in [5, 5.41) is 20.6. The number of hydrogen-bond donors (Lipinski definition) is 3. The van der Waals surface area contributed by atoms with Gasteiger partial charge >= 0.3 is 0 Å².